The van der Waals surface area contributed by atoms with Gasteiger partial charge in [0.05, 0.1) is 25.0 Å². The minimum absolute atomic E-state index is 0.0245. The van der Waals surface area contributed by atoms with E-state index >= 15 is 0 Å². The zero-order chi connectivity index (χ0) is 15.2. The number of hydrogen-bond donors (Lipinski definition) is 0. The van der Waals surface area contributed by atoms with E-state index in [4.69, 9.17) is 22.1 Å². The Bertz CT molecular complexity index is 567. The molecule has 1 aliphatic carbocycles. The average molecular weight is 302 g/mol. The summed E-state index contributed by atoms with van der Waals surface area (Å²) >= 11 is 5.86. The van der Waals surface area contributed by atoms with Crippen LogP contribution < -0.4 is 0 Å². The van der Waals surface area contributed by atoms with E-state index in [1.165, 1.54) is 0 Å². The van der Waals surface area contributed by atoms with E-state index in [9.17, 15) is 4.79 Å². The van der Waals surface area contributed by atoms with Crippen molar-refractivity contribution in [3.8, 4) is 12.1 Å². The van der Waals surface area contributed by atoms with E-state index in [1.807, 2.05) is 36.4 Å². The molecule has 1 aromatic rings. The molecule has 2 atom stereocenters. The highest BCUT2D eigenvalue weighted by atomic mass is 35.5. The number of amides is 1. The summed E-state index contributed by atoms with van der Waals surface area (Å²) in [5.41, 5.74) is 1.12. The largest absolute Gasteiger partial charge is 0.340 e. The van der Waals surface area contributed by atoms with Gasteiger partial charge in [0.2, 0.25) is 5.91 Å². The van der Waals surface area contributed by atoms with E-state index in [-0.39, 0.29) is 17.7 Å². The van der Waals surface area contributed by atoms with Gasteiger partial charge in [0.25, 0.3) is 0 Å². The number of carbonyl (C=O) groups is 1. The van der Waals surface area contributed by atoms with Gasteiger partial charge >= 0.3 is 0 Å². The lowest BCUT2D eigenvalue weighted by Crippen LogP contribution is -2.34. The van der Waals surface area contributed by atoms with Crippen LogP contribution >= 0.6 is 11.6 Å². The van der Waals surface area contributed by atoms with Crippen LogP contribution in [0.2, 0.25) is 5.02 Å². The lowest BCUT2D eigenvalue weighted by Gasteiger charge is -2.20. The van der Waals surface area contributed by atoms with E-state index in [1.54, 1.807) is 4.90 Å². The van der Waals surface area contributed by atoms with Gasteiger partial charge in [-0.15, -0.1) is 0 Å². The molecule has 0 bridgehead atoms. The SMILES string of the molecule is N#CCCN(CCC#N)C(=O)[C@@H]1C[C@@H]1c1ccc(Cl)cc1. The minimum Gasteiger partial charge on any atom is -0.340 e. The number of nitriles is 2. The molecule has 1 saturated carbocycles. The highest BCUT2D eigenvalue weighted by molar-refractivity contribution is 6.30. The van der Waals surface area contributed by atoms with Crippen molar-refractivity contribution < 1.29 is 4.79 Å². The molecule has 0 aliphatic heterocycles. The lowest BCUT2D eigenvalue weighted by molar-refractivity contribution is -0.132. The molecule has 4 nitrogen and oxygen atoms in total. The molecular formula is C16H16ClN3O. The first-order valence-corrected chi connectivity index (χ1v) is 7.33. The van der Waals surface area contributed by atoms with Crippen LogP contribution in [0.15, 0.2) is 24.3 Å². The number of halogens is 1. The van der Waals surface area contributed by atoms with Gasteiger partial charge in [-0.1, -0.05) is 23.7 Å². The monoisotopic (exact) mass is 301 g/mol. The van der Waals surface area contributed by atoms with Crippen molar-refractivity contribution in [3.63, 3.8) is 0 Å². The fourth-order valence-corrected chi connectivity index (χ4v) is 2.61. The molecule has 108 valence electrons. The standard InChI is InChI=1S/C16H16ClN3O/c17-13-5-3-12(4-6-13)14-11-15(14)16(21)20(9-1-7-18)10-2-8-19/h3-6,14-15H,1-2,9-11H2/t14-,15-/m1/s1. The summed E-state index contributed by atoms with van der Waals surface area (Å²) in [6.07, 6.45) is 1.43. The van der Waals surface area contributed by atoms with Crippen LogP contribution in [0, 0.1) is 28.6 Å². The van der Waals surface area contributed by atoms with E-state index in [2.05, 4.69) is 0 Å². The van der Waals surface area contributed by atoms with Crippen molar-refractivity contribution in [2.45, 2.75) is 25.2 Å². The van der Waals surface area contributed by atoms with Gasteiger partial charge in [0.1, 0.15) is 0 Å². The van der Waals surface area contributed by atoms with Crippen LogP contribution in [0.3, 0.4) is 0 Å². The van der Waals surface area contributed by atoms with Gasteiger partial charge in [-0.25, -0.2) is 0 Å². The molecule has 0 heterocycles. The summed E-state index contributed by atoms with van der Waals surface area (Å²) in [5, 5.41) is 18.0. The molecule has 21 heavy (non-hydrogen) atoms. The molecule has 0 N–H and O–H groups in total. The molecule has 1 aliphatic rings. The number of benzene rings is 1. The Balaban J connectivity index is 1.97. The van der Waals surface area contributed by atoms with Crippen LogP contribution in [0.25, 0.3) is 0 Å². The zero-order valence-corrected chi connectivity index (χ0v) is 12.4. The average Bonchev–Trinajstić information content (AvgIpc) is 3.28. The van der Waals surface area contributed by atoms with Gasteiger partial charge in [-0.2, -0.15) is 10.5 Å². The van der Waals surface area contributed by atoms with Gasteiger partial charge in [0, 0.05) is 24.0 Å². The fourth-order valence-electron chi connectivity index (χ4n) is 2.48. The van der Waals surface area contributed by atoms with Crippen LogP contribution in [0.4, 0.5) is 0 Å². The lowest BCUT2D eigenvalue weighted by atomic mass is 10.1. The predicted octanol–water partition coefficient (Wildman–Crippen LogP) is 3.10. The minimum atomic E-state index is -0.0245. The smallest absolute Gasteiger partial charge is 0.226 e. The Labute approximate surface area is 129 Å². The summed E-state index contributed by atoms with van der Waals surface area (Å²) in [4.78, 5) is 14.1. The number of hydrogen-bond acceptors (Lipinski definition) is 3. The molecule has 5 heteroatoms. The molecule has 1 aromatic carbocycles. The third kappa shape index (κ3) is 3.97. The second-order valence-electron chi connectivity index (χ2n) is 5.14. The van der Waals surface area contributed by atoms with Crippen LogP contribution in [-0.4, -0.2) is 23.9 Å². The molecular weight excluding hydrogens is 286 g/mol. The first kappa shape index (κ1) is 15.4. The van der Waals surface area contributed by atoms with Gasteiger partial charge in [-0.3, -0.25) is 4.79 Å². The summed E-state index contributed by atoms with van der Waals surface area (Å²) < 4.78 is 0. The Morgan fingerprint density at radius 3 is 2.29 bits per heavy atom. The number of rotatable bonds is 6. The third-order valence-electron chi connectivity index (χ3n) is 3.70. The molecule has 1 amide bonds. The van der Waals surface area contributed by atoms with Crippen molar-refractivity contribution in [2.75, 3.05) is 13.1 Å². The summed E-state index contributed by atoms with van der Waals surface area (Å²) in [5.74, 6) is 0.269. The second-order valence-corrected chi connectivity index (χ2v) is 5.58. The Hall–Kier alpha value is -2.04. The second kappa shape index (κ2) is 7.11. The fraction of sp³-hybridized carbons (Fsp3) is 0.438. The van der Waals surface area contributed by atoms with E-state index in [0.717, 1.165) is 12.0 Å². The van der Waals surface area contributed by atoms with E-state index in [0.29, 0.717) is 31.0 Å². The van der Waals surface area contributed by atoms with Crippen LogP contribution in [-0.2, 0) is 4.79 Å². The zero-order valence-electron chi connectivity index (χ0n) is 11.6. The maximum atomic E-state index is 12.4. The number of nitrogens with zero attached hydrogens (tertiary/aromatic N) is 3. The van der Waals surface area contributed by atoms with Crippen LogP contribution in [0.1, 0.15) is 30.7 Å². The van der Waals surface area contributed by atoms with Crippen LogP contribution in [0.5, 0.6) is 0 Å². The molecule has 0 aromatic heterocycles. The normalized spacial score (nSPS) is 19.4. The van der Waals surface area contributed by atoms with Crippen molar-refractivity contribution in [2.24, 2.45) is 5.92 Å². The Morgan fingerprint density at radius 1 is 1.19 bits per heavy atom. The van der Waals surface area contributed by atoms with Crippen molar-refractivity contribution in [1.29, 1.82) is 10.5 Å². The molecule has 2 rings (SSSR count). The highest BCUT2D eigenvalue weighted by Crippen LogP contribution is 2.48. The molecule has 0 radical (unpaired) electrons. The summed E-state index contributed by atoms with van der Waals surface area (Å²) in [6, 6.07) is 11.7. The van der Waals surface area contributed by atoms with Gasteiger partial charge in [0.15, 0.2) is 0 Å². The summed E-state index contributed by atoms with van der Waals surface area (Å²) in [7, 11) is 0. The molecule has 0 unspecified atom stereocenters. The summed E-state index contributed by atoms with van der Waals surface area (Å²) in [6.45, 7) is 0.807. The quantitative estimate of drug-likeness (QED) is 0.810. The highest BCUT2D eigenvalue weighted by Gasteiger charge is 2.45. The maximum absolute atomic E-state index is 12.4. The Morgan fingerprint density at radius 2 is 1.76 bits per heavy atom. The first-order valence-electron chi connectivity index (χ1n) is 6.95. The topological polar surface area (TPSA) is 67.9 Å². The van der Waals surface area contributed by atoms with Crippen molar-refractivity contribution in [3.05, 3.63) is 34.9 Å². The predicted molar refractivity (Wildman–Crippen MR) is 79.3 cm³/mol. The molecule has 1 fully saturated rings. The van der Waals surface area contributed by atoms with Gasteiger partial charge < -0.3 is 4.90 Å². The molecule has 0 spiro atoms. The van der Waals surface area contributed by atoms with Crippen molar-refractivity contribution in [1.82, 2.24) is 4.90 Å². The third-order valence-corrected chi connectivity index (χ3v) is 3.96. The maximum Gasteiger partial charge on any atom is 0.226 e. The number of carbonyl (C=O) groups excluding carboxylic acids is 1. The Kier molecular flexibility index (Phi) is 5.20. The van der Waals surface area contributed by atoms with Gasteiger partial charge in [-0.05, 0) is 30.0 Å². The van der Waals surface area contributed by atoms with Crippen molar-refractivity contribution >= 4 is 17.5 Å². The first-order chi connectivity index (χ1) is 10.2. The van der Waals surface area contributed by atoms with E-state index < -0.39 is 0 Å². The molecule has 0 saturated heterocycles.